The third-order valence-corrected chi connectivity index (χ3v) is 9.00. The molecule has 0 radical (unpaired) electrons. The Morgan fingerprint density at radius 1 is 0.977 bits per heavy atom. The fourth-order valence-electron chi connectivity index (χ4n) is 4.71. The Bertz CT molecular complexity index is 1490. The molecule has 8 nitrogen and oxygen atoms in total. The predicted octanol–water partition coefficient (Wildman–Crippen LogP) is 6.49. The summed E-state index contributed by atoms with van der Waals surface area (Å²) in [6.07, 6.45) is 2.40. The first-order valence-corrected chi connectivity index (χ1v) is 17.3. The summed E-state index contributed by atoms with van der Waals surface area (Å²) in [5.74, 6) is 0.0710. The molecule has 0 aromatic heterocycles. The highest BCUT2D eigenvalue weighted by atomic mass is 35.5. The van der Waals surface area contributed by atoms with Gasteiger partial charge in [-0.3, -0.25) is 13.9 Å². The van der Waals surface area contributed by atoms with Crippen LogP contribution < -0.4 is 14.4 Å². The zero-order valence-corrected chi connectivity index (χ0v) is 28.0. The molecule has 0 aliphatic rings. The van der Waals surface area contributed by atoms with E-state index < -0.39 is 16.1 Å². The van der Waals surface area contributed by atoms with Crippen LogP contribution in [0, 0.1) is 0 Å². The summed E-state index contributed by atoms with van der Waals surface area (Å²) in [5, 5.41) is 3.88. The molecule has 0 aliphatic heterocycles. The Labute approximate surface area is 271 Å². The molecule has 44 heavy (non-hydrogen) atoms. The van der Waals surface area contributed by atoms with E-state index in [1.165, 1.54) is 4.31 Å². The third-order valence-electron chi connectivity index (χ3n) is 7.22. The maximum atomic E-state index is 14.0. The molecule has 0 fully saturated rings. The largest absolute Gasteiger partial charge is 0.494 e. The van der Waals surface area contributed by atoms with Crippen molar-refractivity contribution in [3.63, 3.8) is 0 Å². The van der Waals surface area contributed by atoms with E-state index in [2.05, 4.69) is 5.32 Å². The molecule has 11 heteroatoms. The smallest absolute Gasteiger partial charge is 0.243 e. The Hall–Kier alpha value is -3.27. The first-order valence-electron chi connectivity index (χ1n) is 14.7. The van der Waals surface area contributed by atoms with Gasteiger partial charge < -0.3 is 15.0 Å². The minimum Gasteiger partial charge on any atom is -0.494 e. The summed E-state index contributed by atoms with van der Waals surface area (Å²) in [6, 6.07) is 20.4. The van der Waals surface area contributed by atoms with Crippen LogP contribution in [0.25, 0.3) is 0 Å². The second kappa shape index (κ2) is 16.7. The van der Waals surface area contributed by atoms with Crippen molar-refractivity contribution in [2.24, 2.45) is 0 Å². The van der Waals surface area contributed by atoms with Gasteiger partial charge in [0.25, 0.3) is 0 Å². The summed E-state index contributed by atoms with van der Waals surface area (Å²) in [6.45, 7) is 6.42. The van der Waals surface area contributed by atoms with E-state index in [4.69, 9.17) is 27.9 Å². The average molecular weight is 663 g/mol. The van der Waals surface area contributed by atoms with Crippen molar-refractivity contribution in [3.8, 4) is 5.75 Å². The molecule has 2 amide bonds. The summed E-state index contributed by atoms with van der Waals surface area (Å²) in [7, 11) is -3.63. The molecule has 0 saturated heterocycles. The molecule has 3 aromatic carbocycles. The fraction of sp³-hybridized carbons (Fsp3) is 0.394. The van der Waals surface area contributed by atoms with Gasteiger partial charge in [0.1, 0.15) is 11.8 Å². The van der Waals surface area contributed by atoms with Crippen molar-refractivity contribution in [2.45, 2.75) is 65.1 Å². The molecule has 1 N–H and O–H groups in total. The van der Waals surface area contributed by atoms with Gasteiger partial charge in [-0.15, -0.1) is 0 Å². The Balaban J connectivity index is 1.90. The van der Waals surface area contributed by atoms with Crippen molar-refractivity contribution in [3.05, 3.63) is 94.0 Å². The fourth-order valence-corrected chi connectivity index (χ4v) is 6.14. The molecule has 2 atom stereocenters. The quantitative estimate of drug-likeness (QED) is 0.189. The first kappa shape index (κ1) is 35.2. The van der Waals surface area contributed by atoms with E-state index in [0.29, 0.717) is 40.1 Å². The van der Waals surface area contributed by atoms with Crippen molar-refractivity contribution in [1.29, 1.82) is 0 Å². The van der Waals surface area contributed by atoms with Gasteiger partial charge in [0, 0.05) is 42.0 Å². The lowest BCUT2D eigenvalue weighted by atomic mass is 10.0. The SMILES string of the molecule is CCOc1ccc(N(CCCC(=O)N(Cc2ccc(Cl)cc2Cl)[C@@H](Cc2ccccc2)C(=O)N[C@@H](C)CC)S(C)(=O)=O)cc1. The number of carbonyl (C=O) groups is 2. The number of ether oxygens (including phenoxy) is 1. The van der Waals surface area contributed by atoms with E-state index in [1.807, 2.05) is 51.1 Å². The Morgan fingerprint density at radius 2 is 1.66 bits per heavy atom. The summed E-state index contributed by atoms with van der Waals surface area (Å²) in [4.78, 5) is 29.2. The number of halogens is 2. The molecule has 3 aromatic rings. The van der Waals surface area contributed by atoms with Gasteiger partial charge in [0.15, 0.2) is 0 Å². The highest BCUT2D eigenvalue weighted by Crippen LogP contribution is 2.26. The minimum atomic E-state index is -3.63. The zero-order valence-electron chi connectivity index (χ0n) is 25.6. The van der Waals surface area contributed by atoms with Crippen LogP contribution in [0.1, 0.15) is 51.2 Å². The second-order valence-corrected chi connectivity index (χ2v) is 13.4. The van der Waals surface area contributed by atoms with Gasteiger partial charge in [-0.05, 0) is 74.2 Å². The number of benzene rings is 3. The molecule has 238 valence electrons. The van der Waals surface area contributed by atoms with Gasteiger partial charge in [-0.25, -0.2) is 8.42 Å². The molecule has 0 unspecified atom stereocenters. The number of nitrogens with one attached hydrogen (secondary N) is 1. The molecule has 0 spiro atoms. The number of rotatable bonds is 16. The van der Waals surface area contributed by atoms with Gasteiger partial charge in [0.05, 0.1) is 18.6 Å². The summed E-state index contributed by atoms with van der Waals surface area (Å²) in [5.41, 5.74) is 2.02. The highest BCUT2D eigenvalue weighted by molar-refractivity contribution is 7.92. The van der Waals surface area contributed by atoms with Crippen molar-refractivity contribution < 1.29 is 22.7 Å². The first-order chi connectivity index (χ1) is 20.9. The lowest BCUT2D eigenvalue weighted by Gasteiger charge is -2.33. The molecular weight excluding hydrogens is 621 g/mol. The maximum Gasteiger partial charge on any atom is 0.243 e. The number of nitrogens with zero attached hydrogens (tertiary/aromatic N) is 2. The average Bonchev–Trinajstić information content (AvgIpc) is 2.98. The Kier molecular flexibility index (Phi) is 13.4. The number of hydrogen-bond donors (Lipinski definition) is 1. The predicted molar refractivity (Wildman–Crippen MR) is 178 cm³/mol. The molecule has 0 heterocycles. The van der Waals surface area contributed by atoms with E-state index >= 15 is 0 Å². The van der Waals surface area contributed by atoms with Crippen LogP contribution in [-0.4, -0.2) is 56.6 Å². The number of amides is 2. The molecule has 0 saturated carbocycles. The zero-order chi connectivity index (χ0) is 32.3. The number of carbonyl (C=O) groups excluding carboxylic acids is 2. The number of sulfonamides is 1. The number of anilines is 1. The van der Waals surface area contributed by atoms with E-state index in [1.54, 1.807) is 47.4 Å². The van der Waals surface area contributed by atoms with Crippen LogP contribution in [0.4, 0.5) is 5.69 Å². The lowest BCUT2D eigenvalue weighted by Crippen LogP contribution is -2.52. The maximum absolute atomic E-state index is 14.0. The lowest BCUT2D eigenvalue weighted by molar-refractivity contribution is -0.141. The topological polar surface area (TPSA) is 96.0 Å². The van der Waals surface area contributed by atoms with Crippen LogP contribution in [0.5, 0.6) is 5.75 Å². The Morgan fingerprint density at radius 3 is 2.25 bits per heavy atom. The molecule has 0 bridgehead atoms. The monoisotopic (exact) mass is 661 g/mol. The second-order valence-electron chi connectivity index (χ2n) is 10.6. The van der Waals surface area contributed by atoms with Crippen LogP contribution in [0.2, 0.25) is 10.0 Å². The van der Waals surface area contributed by atoms with Crippen LogP contribution in [0.3, 0.4) is 0 Å². The molecular formula is C33H41Cl2N3O5S. The molecule has 0 aliphatic carbocycles. The van der Waals surface area contributed by atoms with E-state index in [0.717, 1.165) is 18.2 Å². The van der Waals surface area contributed by atoms with Gasteiger partial charge in [0.2, 0.25) is 21.8 Å². The van der Waals surface area contributed by atoms with E-state index in [9.17, 15) is 18.0 Å². The number of hydrogen-bond acceptors (Lipinski definition) is 5. The van der Waals surface area contributed by atoms with Crippen LogP contribution >= 0.6 is 23.2 Å². The molecule has 3 rings (SSSR count). The minimum absolute atomic E-state index is 0.0101. The normalized spacial score (nSPS) is 12.7. The summed E-state index contributed by atoms with van der Waals surface area (Å²) >= 11 is 12.6. The van der Waals surface area contributed by atoms with Crippen LogP contribution in [-0.2, 0) is 32.6 Å². The van der Waals surface area contributed by atoms with Crippen molar-refractivity contribution >= 4 is 50.7 Å². The third kappa shape index (κ3) is 10.4. The van der Waals surface area contributed by atoms with Crippen LogP contribution in [0.15, 0.2) is 72.8 Å². The summed E-state index contributed by atoms with van der Waals surface area (Å²) < 4.78 is 32.2. The standard InChI is InChI=1S/C33H41Cl2N3O5S/c1-5-24(3)36-33(40)31(21-25-11-8-7-9-12-25)37(23-26-14-15-27(34)22-30(26)35)32(39)13-10-20-38(44(4,41)42)28-16-18-29(19-17-28)43-6-2/h7-9,11-12,14-19,22,24,31H,5-6,10,13,20-21,23H2,1-4H3,(H,36,40)/t24-,31-/m0/s1. The van der Waals surface area contributed by atoms with Gasteiger partial charge >= 0.3 is 0 Å². The van der Waals surface area contributed by atoms with E-state index in [-0.39, 0.29) is 43.8 Å². The van der Waals surface area contributed by atoms with Crippen molar-refractivity contribution in [2.75, 3.05) is 23.7 Å². The highest BCUT2D eigenvalue weighted by Gasteiger charge is 2.31. The van der Waals surface area contributed by atoms with Gasteiger partial charge in [-0.1, -0.05) is 66.5 Å². The van der Waals surface area contributed by atoms with Crippen molar-refractivity contribution in [1.82, 2.24) is 10.2 Å². The van der Waals surface area contributed by atoms with Gasteiger partial charge in [-0.2, -0.15) is 0 Å².